The molecule has 0 spiro atoms. The average molecular weight is 208 g/mol. The van der Waals surface area contributed by atoms with E-state index in [9.17, 15) is 14.9 Å². The predicted molar refractivity (Wildman–Crippen MR) is 52.5 cm³/mol. The molecule has 70 valence electrons. The van der Waals surface area contributed by atoms with Crippen LogP contribution in [0.1, 0.15) is 0 Å². The molecule has 1 aromatic heterocycles. The number of nitro benzene ring substituents is 1. The van der Waals surface area contributed by atoms with Crippen molar-refractivity contribution in [1.29, 1.82) is 0 Å². The average Bonchev–Trinajstić information content (AvgIpc) is 2.17. The van der Waals surface area contributed by atoms with E-state index in [0.29, 0.717) is 10.1 Å². The van der Waals surface area contributed by atoms with Gasteiger partial charge in [0, 0.05) is 6.07 Å². The van der Waals surface area contributed by atoms with Crippen LogP contribution in [0, 0.1) is 10.1 Å². The fourth-order valence-corrected chi connectivity index (χ4v) is 1.96. The maximum atomic E-state index is 11.2. The number of fused-ring (bicyclic) bond motifs is 1. The lowest BCUT2D eigenvalue weighted by Gasteiger charge is -1.95. The van der Waals surface area contributed by atoms with E-state index in [-0.39, 0.29) is 5.69 Å². The van der Waals surface area contributed by atoms with Gasteiger partial charge in [-0.25, -0.2) is 4.98 Å². The first kappa shape index (κ1) is 8.76. The number of hydrogen-bond acceptors (Lipinski definition) is 5. The summed E-state index contributed by atoms with van der Waals surface area (Å²) >= 11 is 1.09. The van der Waals surface area contributed by atoms with Gasteiger partial charge in [0.05, 0.1) is 15.8 Å². The lowest BCUT2D eigenvalue weighted by molar-refractivity contribution is -0.382. The van der Waals surface area contributed by atoms with Crippen LogP contribution < -0.4 is 5.56 Å². The quantitative estimate of drug-likeness (QED) is 0.526. The van der Waals surface area contributed by atoms with Gasteiger partial charge < -0.3 is 0 Å². The summed E-state index contributed by atoms with van der Waals surface area (Å²) in [5.41, 5.74) is 0.840. The second-order valence-electron chi connectivity index (χ2n) is 2.57. The van der Waals surface area contributed by atoms with Gasteiger partial charge in [0.2, 0.25) is 0 Å². The molecule has 0 aliphatic carbocycles. The molecule has 0 atom stereocenters. The van der Waals surface area contributed by atoms with Crippen LogP contribution in [-0.4, -0.2) is 9.91 Å². The third-order valence-corrected chi connectivity index (χ3v) is 2.64. The zero-order chi connectivity index (χ0) is 10.1. The van der Waals surface area contributed by atoms with Crippen molar-refractivity contribution in [2.24, 2.45) is 0 Å². The van der Waals surface area contributed by atoms with Gasteiger partial charge in [-0.2, -0.15) is 0 Å². The van der Waals surface area contributed by atoms with Crippen LogP contribution in [0.25, 0.3) is 10.1 Å². The minimum absolute atomic E-state index is 0.0491. The van der Waals surface area contributed by atoms with E-state index in [1.54, 1.807) is 0 Å². The van der Waals surface area contributed by atoms with Gasteiger partial charge in [-0.05, 0) is 6.07 Å². The summed E-state index contributed by atoms with van der Waals surface area (Å²) in [4.78, 5) is 24.9. The Morgan fingerprint density at radius 2 is 2.21 bits per heavy atom. The summed E-state index contributed by atoms with van der Waals surface area (Å²) in [7, 11) is 0. The number of rotatable bonds is 1. The topological polar surface area (TPSA) is 73.1 Å². The van der Waals surface area contributed by atoms with Crippen molar-refractivity contribution in [3.8, 4) is 0 Å². The van der Waals surface area contributed by atoms with Gasteiger partial charge in [0.15, 0.2) is 0 Å². The first-order valence-electron chi connectivity index (χ1n) is 3.71. The van der Waals surface area contributed by atoms with E-state index in [0.717, 1.165) is 11.3 Å². The fourth-order valence-electron chi connectivity index (χ4n) is 1.16. The lowest BCUT2D eigenvalue weighted by atomic mass is 10.2. The highest BCUT2D eigenvalue weighted by atomic mass is 32.1. The first-order valence-corrected chi connectivity index (χ1v) is 4.59. The van der Waals surface area contributed by atoms with Gasteiger partial charge >= 0.3 is 0 Å². The Labute approximate surface area is 81.8 Å². The highest BCUT2D eigenvalue weighted by molar-refractivity contribution is 7.16. The van der Waals surface area contributed by atoms with Gasteiger partial charge in [-0.3, -0.25) is 14.9 Å². The zero-order valence-corrected chi connectivity index (χ0v) is 7.65. The molecule has 0 aliphatic heterocycles. The summed E-state index contributed by atoms with van der Waals surface area (Å²) in [6, 6.07) is 4.39. The predicted octanol–water partition coefficient (Wildman–Crippen LogP) is 1.56. The van der Waals surface area contributed by atoms with Crippen LogP contribution in [0.4, 0.5) is 5.69 Å². The molecule has 0 bridgehead atoms. The molecule has 1 heterocycles. The van der Waals surface area contributed by atoms with Crippen LogP contribution in [-0.2, 0) is 0 Å². The Bertz CT molecular complexity index is 564. The molecule has 0 unspecified atom stereocenters. The molecule has 2 aromatic rings. The molecular weight excluding hydrogens is 204 g/mol. The summed E-state index contributed by atoms with van der Waals surface area (Å²) in [5.74, 6) is 0. The van der Waals surface area contributed by atoms with Crippen molar-refractivity contribution in [2.75, 3.05) is 0 Å². The molecule has 0 amide bonds. The Kier molecular flexibility index (Phi) is 1.97. The Morgan fingerprint density at radius 3 is 2.93 bits per heavy atom. The molecule has 0 radical (unpaired) electrons. The molecule has 6 heteroatoms. The number of benzene rings is 1. The standard InChI is InChI=1S/C8H4N2O3S/c11-8-5-2-1-3-6(10(12)13)7(5)14-4-9-8/h1-4H. The van der Waals surface area contributed by atoms with E-state index in [1.807, 2.05) is 0 Å². The van der Waals surface area contributed by atoms with E-state index in [1.165, 1.54) is 23.7 Å². The van der Waals surface area contributed by atoms with Crippen molar-refractivity contribution >= 4 is 27.1 Å². The van der Waals surface area contributed by atoms with Crippen LogP contribution in [0.5, 0.6) is 0 Å². The monoisotopic (exact) mass is 208 g/mol. The Balaban J connectivity index is 2.95. The molecule has 0 aliphatic rings. The van der Waals surface area contributed by atoms with Crippen LogP contribution >= 0.6 is 11.3 Å². The van der Waals surface area contributed by atoms with E-state index in [2.05, 4.69) is 4.98 Å². The number of nitro groups is 1. The first-order chi connectivity index (χ1) is 6.70. The smallest absolute Gasteiger partial charge is 0.267 e. The molecule has 0 saturated heterocycles. The van der Waals surface area contributed by atoms with Crippen molar-refractivity contribution in [2.45, 2.75) is 0 Å². The van der Waals surface area contributed by atoms with Crippen molar-refractivity contribution in [3.05, 3.63) is 44.2 Å². The van der Waals surface area contributed by atoms with Crippen LogP contribution in [0.3, 0.4) is 0 Å². The highest BCUT2D eigenvalue weighted by Crippen LogP contribution is 2.25. The number of non-ortho nitro benzene ring substituents is 1. The minimum Gasteiger partial charge on any atom is -0.267 e. The third-order valence-electron chi connectivity index (χ3n) is 1.76. The molecule has 5 nitrogen and oxygen atoms in total. The van der Waals surface area contributed by atoms with Crippen molar-refractivity contribution < 1.29 is 4.92 Å². The normalized spacial score (nSPS) is 10.3. The molecule has 0 N–H and O–H groups in total. The molecular formula is C8H4N2O3S. The van der Waals surface area contributed by atoms with Crippen LogP contribution in [0.15, 0.2) is 28.5 Å². The van der Waals surface area contributed by atoms with Crippen molar-refractivity contribution in [1.82, 2.24) is 4.98 Å². The third kappa shape index (κ3) is 1.25. The van der Waals surface area contributed by atoms with Crippen LogP contribution in [0.2, 0.25) is 0 Å². The van der Waals surface area contributed by atoms with Crippen molar-refractivity contribution in [3.63, 3.8) is 0 Å². The second-order valence-corrected chi connectivity index (χ2v) is 3.42. The molecule has 0 saturated carbocycles. The summed E-state index contributed by atoms with van der Waals surface area (Å²) < 4.78 is 0.373. The van der Waals surface area contributed by atoms with E-state index < -0.39 is 10.5 Å². The summed E-state index contributed by atoms with van der Waals surface area (Å²) in [6.07, 6.45) is 0. The summed E-state index contributed by atoms with van der Waals surface area (Å²) in [6.45, 7) is 0. The molecule has 1 aromatic carbocycles. The van der Waals surface area contributed by atoms with Gasteiger partial charge in [-0.1, -0.05) is 6.07 Å². The maximum Gasteiger partial charge on any atom is 0.287 e. The largest absolute Gasteiger partial charge is 0.287 e. The van der Waals surface area contributed by atoms with Gasteiger partial charge in [0.25, 0.3) is 11.2 Å². The van der Waals surface area contributed by atoms with E-state index in [4.69, 9.17) is 0 Å². The minimum atomic E-state index is -0.502. The molecule has 2 rings (SSSR count). The SMILES string of the molecule is O=c1ncsc2c([N+](=O)[O-])cccc12. The molecule has 0 fully saturated rings. The number of hydrogen-bond donors (Lipinski definition) is 0. The second kappa shape index (κ2) is 3.15. The Morgan fingerprint density at radius 1 is 1.43 bits per heavy atom. The van der Waals surface area contributed by atoms with Gasteiger partial charge in [-0.15, -0.1) is 11.3 Å². The maximum absolute atomic E-state index is 11.2. The lowest BCUT2D eigenvalue weighted by Crippen LogP contribution is -2.03. The molecule has 14 heavy (non-hydrogen) atoms. The summed E-state index contributed by atoms with van der Waals surface area (Å²) in [5, 5.41) is 10.9. The zero-order valence-electron chi connectivity index (χ0n) is 6.84. The fraction of sp³-hybridized carbons (Fsp3) is 0. The van der Waals surface area contributed by atoms with E-state index >= 15 is 0 Å². The number of nitrogens with zero attached hydrogens (tertiary/aromatic N) is 2. The highest BCUT2D eigenvalue weighted by Gasteiger charge is 2.12. The number of aromatic nitrogens is 1. The van der Waals surface area contributed by atoms with Gasteiger partial charge in [0.1, 0.15) is 4.70 Å². The Hall–Kier alpha value is -1.82.